The second-order valence-corrected chi connectivity index (χ2v) is 7.52. The summed E-state index contributed by atoms with van der Waals surface area (Å²) in [6.45, 7) is 7.21. The number of aromatic nitrogens is 2. The van der Waals surface area contributed by atoms with Crippen LogP contribution in [0, 0.1) is 6.92 Å². The molecular weight excluding hydrogens is 308 g/mol. The van der Waals surface area contributed by atoms with E-state index in [-0.39, 0.29) is 4.91 Å². The molecule has 0 aromatic carbocycles. The fraction of sp³-hybridized carbons (Fsp3) is 0.267. The van der Waals surface area contributed by atoms with Gasteiger partial charge in [-0.2, -0.15) is 0 Å². The predicted octanol–water partition coefficient (Wildman–Crippen LogP) is 4.05. The van der Waals surface area contributed by atoms with E-state index < -0.39 is 10.0 Å². The Morgan fingerprint density at radius 2 is 1.95 bits per heavy atom. The molecule has 0 spiro atoms. The first-order valence-electron chi connectivity index (χ1n) is 6.44. The lowest BCUT2D eigenvalue weighted by Crippen LogP contribution is -2.12. The van der Waals surface area contributed by atoms with Crippen molar-refractivity contribution in [3.05, 3.63) is 51.7 Å². The van der Waals surface area contributed by atoms with Crippen molar-refractivity contribution in [2.75, 3.05) is 0 Å². The van der Waals surface area contributed by atoms with Crippen molar-refractivity contribution in [3.63, 3.8) is 0 Å². The van der Waals surface area contributed by atoms with Crippen molar-refractivity contribution in [2.24, 2.45) is 0 Å². The SMILES string of the molecule is CC(C)=C/C=C(\C)S(=O)(=O)n1cc(C)c2c(Cl)ccnc21. The number of pyridine rings is 1. The van der Waals surface area contributed by atoms with Crippen LogP contribution in [-0.2, 0) is 10.0 Å². The number of hydrogen-bond acceptors (Lipinski definition) is 3. The normalized spacial score (nSPS) is 12.7. The number of hydrogen-bond donors (Lipinski definition) is 0. The number of halogens is 1. The highest BCUT2D eigenvalue weighted by Crippen LogP contribution is 2.28. The van der Waals surface area contributed by atoms with Crippen LogP contribution in [0.2, 0.25) is 5.02 Å². The van der Waals surface area contributed by atoms with Gasteiger partial charge < -0.3 is 0 Å². The zero-order valence-corrected chi connectivity index (χ0v) is 14.0. The molecule has 0 fully saturated rings. The van der Waals surface area contributed by atoms with E-state index in [2.05, 4.69) is 4.98 Å². The first-order valence-corrected chi connectivity index (χ1v) is 8.26. The molecule has 21 heavy (non-hydrogen) atoms. The summed E-state index contributed by atoms with van der Waals surface area (Å²) >= 11 is 6.14. The van der Waals surface area contributed by atoms with Crippen molar-refractivity contribution in [2.45, 2.75) is 27.7 Å². The Morgan fingerprint density at radius 3 is 2.57 bits per heavy atom. The number of nitrogens with zero attached hydrogens (tertiary/aromatic N) is 2. The minimum Gasteiger partial charge on any atom is -0.237 e. The van der Waals surface area contributed by atoms with Crippen molar-refractivity contribution in [3.8, 4) is 0 Å². The van der Waals surface area contributed by atoms with Crippen molar-refractivity contribution < 1.29 is 8.42 Å². The molecule has 0 saturated heterocycles. The van der Waals surface area contributed by atoms with Gasteiger partial charge in [-0.05, 0) is 45.4 Å². The minimum absolute atomic E-state index is 0.252. The average molecular weight is 325 g/mol. The second kappa shape index (κ2) is 5.66. The summed E-state index contributed by atoms with van der Waals surface area (Å²) in [4.78, 5) is 4.42. The number of allylic oxidation sites excluding steroid dienone is 4. The van der Waals surface area contributed by atoms with Crippen molar-refractivity contribution in [1.82, 2.24) is 8.96 Å². The van der Waals surface area contributed by atoms with Crippen LogP contribution in [0.15, 0.2) is 41.1 Å². The van der Waals surface area contributed by atoms with Crippen LogP contribution in [0.5, 0.6) is 0 Å². The van der Waals surface area contributed by atoms with Crippen molar-refractivity contribution in [1.29, 1.82) is 0 Å². The van der Waals surface area contributed by atoms with E-state index in [0.717, 1.165) is 11.1 Å². The standard InChI is InChI=1S/C15H17ClN2O2S/c1-10(2)5-6-12(4)21(19,20)18-9-11(3)14-13(16)7-8-17-15(14)18/h5-9H,1-4H3/b12-6+. The molecule has 0 aliphatic carbocycles. The minimum atomic E-state index is -3.65. The van der Waals surface area contributed by atoms with Gasteiger partial charge in [0.15, 0.2) is 5.65 Å². The molecule has 0 amide bonds. The Balaban J connectivity index is 2.70. The average Bonchev–Trinajstić information content (AvgIpc) is 2.75. The highest BCUT2D eigenvalue weighted by molar-refractivity contribution is 7.93. The van der Waals surface area contributed by atoms with Crippen LogP contribution in [0.25, 0.3) is 11.0 Å². The van der Waals surface area contributed by atoms with E-state index in [1.165, 1.54) is 10.2 Å². The van der Waals surface area contributed by atoms with Crippen LogP contribution >= 0.6 is 11.6 Å². The zero-order valence-electron chi connectivity index (χ0n) is 12.4. The van der Waals surface area contributed by atoms with E-state index in [1.54, 1.807) is 31.3 Å². The summed E-state index contributed by atoms with van der Waals surface area (Å²) in [5.74, 6) is 0. The fourth-order valence-corrected chi connectivity index (χ4v) is 3.47. The molecule has 0 radical (unpaired) electrons. The van der Waals surface area contributed by atoms with Crippen LogP contribution in [-0.4, -0.2) is 17.4 Å². The highest BCUT2D eigenvalue weighted by Gasteiger charge is 2.21. The van der Waals surface area contributed by atoms with E-state index >= 15 is 0 Å². The first kappa shape index (κ1) is 15.8. The van der Waals surface area contributed by atoms with Gasteiger partial charge in [-0.25, -0.2) is 17.4 Å². The molecule has 112 valence electrons. The number of aryl methyl sites for hydroxylation is 1. The molecule has 0 aliphatic rings. The molecule has 0 bridgehead atoms. The molecule has 0 saturated carbocycles. The molecule has 2 aromatic rings. The Bertz CT molecular complexity index is 857. The maximum Gasteiger partial charge on any atom is 0.265 e. The highest BCUT2D eigenvalue weighted by atomic mass is 35.5. The van der Waals surface area contributed by atoms with Crippen LogP contribution in [0.4, 0.5) is 0 Å². The number of fused-ring (bicyclic) bond motifs is 1. The van der Waals surface area contributed by atoms with Gasteiger partial charge in [-0.3, -0.25) is 0 Å². The quantitative estimate of drug-likeness (QED) is 0.800. The lowest BCUT2D eigenvalue weighted by atomic mass is 10.2. The second-order valence-electron chi connectivity index (χ2n) is 5.13. The molecule has 4 nitrogen and oxygen atoms in total. The lowest BCUT2D eigenvalue weighted by molar-refractivity contribution is 0.595. The lowest BCUT2D eigenvalue weighted by Gasteiger charge is -2.06. The molecule has 2 rings (SSSR count). The van der Waals surface area contributed by atoms with Crippen LogP contribution < -0.4 is 0 Å². The van der Waals surface area contributed by atoms with Gasteiger partial charge in [0.1, 0.15) is 0 Å². The Kier molecular flexibility index (Phi) is 4.25. The topological polar surface area (TPSA) is 52.0 Å². The van der Waals surface area contributed by atoms with Gasteiger partial charge in [0.25, 0.3) is 10.0 Å². The van der Waals surface area contributed by atoms with Crippen LogP contribution in [0.1, 0.15) is 26.3 Å². The maximum atomic E-state index is 12.7. The molecular formula is C15H17ClN2O2S. The maximum absolute atomic E-state index is 12.7. The summed E-state index contributed by atoms with van der Waals surface area (Å²) in [7, 11) is -3.65. The predicted molar refractivity (Wildman–Crippen MR) is 87.0 cm³/mol. The van der Waals surface area contributed by atoms with Gasteiger partial charge in [0.2, 0.25) is 0 Å². The van der Waals surface area contributed by atoms with Crippen LogP contribution in [0.3, 0.4) is 0 Å². The third-order valence-electron chi connectivity index (χ3n) is 3.11. The summed E-state index contributed by atoms with van der Waals surface area (Å²) < 4.78 is 26.5. The largest absolute Gasteiger partial charge is 0.265 e. The molecule has 0 N–H and O–H groups in total. The number of rotatable bonds is 3. The van der Waals surface area contributed by atoms with Gasteiger partial charge >= 0.3 is 0 Å². The molecule has 2 aromatic heterocycles. The van der Waals surface area contributed by atoms with Crippen molar-refractivity contribution >= 4 is 32.7 Å². The zero-order chi connectivity index (χ0) is 15.8. The monoisotopic (exact) mass is 324 g/mol. The smallest absolute Gasteiger partial charge is 0.237 e. The fourth-order valence-electron chi connectivity index (χ4n) is 1.97. The Labute approximate surface area is 129 Å². The van der Waals surface area contributed by atoms with Gasteiger partial charge in [-0.1, -0.05) is 23.3 Å². The molecule has 0 atom stereocenters. The van der Waals surface area contributed by atoms with Gasteiger partial charge in [0, 0.05) is 17.8 Å². The van der Waals surface area contributed by atoms with E-state index in [1.807, 2.05) is 20.8 Å². The Morgan fingerprint density at radius 1 is 1.29 bits per heavy atom. The summed E-state index contributed by atoms with van der Waals surface area (Å²) in [6.07, 6.45) is 6.42. The molecule has 2 heterocycles. The molecule has 0 aliphatic heterocycles. The van der Waals surface area contributed by atoms with E-state index in [4.69, 9.17) is 11.6 Å². The first-order chi connectivity index (χ1) is 9.75. The molecule has 6 heteroatoms. The van der Waals surface area contributed by atoms with Gasteiger partial charge in [-0.15, -0.1) is 0 Å². The summed E-state index contributed by atoms with van der Waals surface area (Å²) in [5.41, 5.74) is 2.16. The summed E-state index contributed by atoms with van der Waals surface area (Å²) in [6, 6.07) is 1.65. The Hall–Kier alpha value is -1.59. The summed E-state index contributed by atoms with van der Waals surface area (Å²) in [5, 5.41) is 1.16. The molecule has 0 unspecified atom stereocenters. The van der Waals surface area contributed by atoms with E-state index in [9.17, 15) is 8.42 Å². The van der Waals surface area contributed by atoms with E-state index in [0.29, 0.717) is 16.1 Å². The van der Waals surface area contributed by atoms with Gasteiger partial charge in [0.05, 0.1) is 9.93 Å². The third kappa shape index (κ3) is 2.89. The third-order valence-corrected chi connectivity index (χ3v) is 5.17.